The fraction of sp³-hybridized carbons (Fsp3) is 0.326. The minimum Gasteiger partial charge on any atom is -0.489 e. The van der Waals surface area contributed by atoms with Crippen LogP contribution in [-0.2, 0) is 18.9 Å². The van der Waals surface area contributed by atoms with Gasteiger partial charge in [-0.05, 0) is 171 Å². The predicted molar refractivity (Wildman–Crippen MR) is 433 cm³/mol. The molecule has 0 bridgehead atoms. The molecule has 23 heteroatoms. The molecule has 112 heavy (non-hydrogen) atoms. The number of aliphatic hydroxyl groups is 2. The predicted octanol–water partition coefficient (Wildman–Crippen LogP) is 13.7. The Hall–Kier alpha value is -11.7. The highest BCUT2D eigenvalue weighted by Crippen LogP contribution is 2.39. The highest BCUT2D eigenvalue weighted by molar-refractivity contribution is 5.97. The van der Waals surface area contributed by atoms with Crippen molar-refractivity contribution in [3.8, 4) is 103 Å². The number of nitrogens with one attached hydrogen (secondary N) is 4. The van der Waals surface area contributed by atoms with Gasteiger partial charge in [-0.3, -0.25) is 4.90 Å². The molecule has 6 aliphatic heterocycles. The van der Waals surface area contributed by atoms with Crippen LogP contribution in [0.5, 0.6) is 17.2 Å². The third-order valence-corrected chi connectivity index (χ3v) is 21.7. The molecule has 18 rings (SSSR count). The number of aromatic amines is 3. The Morgan fingerprint density at radius 1 is 0.384 bits per heavy atom. The third kappa shape index (κ3) is 17.1. The molecule has 1 atom stereocenters. The molecule has 0 amide bonds. The van der Waals surface area contributed by atoms with E-state index in [1.54, 1.807) is 0 Å². The molecule has 3 aromatic heterocycles. The fourth-order valence-electron chi connectivity index (χ4n) is 15.5. The molecule has 0 aliphatic carbocycles. The van der Waals surface area contributed by atoms with Crippen LogP contribution in [0.25, 0.3) is 101 Å². The number of H-pyrrole nitrogens is 3. The van der Waals surface area contributed by atoms with Crippen molar-refractivity contribution in [1.82, 2.24) is 40.1 Å². The van der Waals surface area contributed by atoms with Gasteiger partial charge in [-0.2, -0.15) is 15.8 Å². The van der Waals surface area contributed by atoms with Gasteiger partial charge >= 0.3 is 0 Å². The molecule has 570 valence electrons. The summed E-state index contributed by atoms with van der Waals surface area (Å²) in [4.78, 5) is 34.2. The summed E-state index contributed by atoms with van der Waals surface area (Å²) in [6, 6.07) is 68.0. The Morgan fingerprint density at radius 2 is 0.741 bits per heavy atom. The van der Waals surface area contributed by atoms with Crippen LogP contribution < -0.4 is 34.2 Å². The van der Waals surface area contributed by atoms with Gasteiger partial charge in [0.05, 0.1) is 109 Å². The van der Waals surface area contributed by atoms with Crippen LogP contribution in [0.15, 0.2) is 182 Å². The Morgan fingerprint density at radius 3 is 1.14 bits per heavy atom. The van der Waals surface area contributed by atoms with Crippen molar-refractivity contribution >= 4 is 50.2 Å². The first-order valence-electron chi connectivity index (χ1n) is 38.9. The second-order valence-corrected chi connectivity index (χ2v) is 28.8. The van der Waals surface area contributed by atoms with E-state index in [1.165, 1.54) is 17.1 Å². The van der Waals surface area contributed by atoms with Crippen molar-refractivity contribution in [1.29, 1.82) is 15.8 Å². The van der Waals surface area contributed by atoms with Gasteiger partial charge in [0, 0.05) is 116 Å². The zero-order chi connectivity index (χ0) is 76.1. The van der Waals surface area contributed by atoms with Crippen LogP contribution in [0, 0.1) is 34.0 Å². The second-order valence-electron chi connectivity index (χ2n) is 28.8. The lowest BCUT2D eigenvalue weighted by atomic mass is 10.0. The number of fused-ring (bicyclic) bond motifs is 3. The van der Waals surface area contributed by atoms with Crippen molar-refractivity contribution in [2.45, 2.75) is 63.1 Å². The van der Waals surface area contributed by atoms with Gasteiger partial charge < -0.3 is 78.3 Å². The molecule has 0 saturated carbocycles. The van der Waals surface area contributed by atoms with Crippen molar-refractivity contribution in [3.63, 3.8) is 0 Å². The smallest absolute Gasteiger partial charge is 0.138 e. The lowest BCUT2D eigenvalue weighted by Crippen LogP contribution is -2.45. The number of hydrogen-bond donors (Lipinski definition) is 6. The normalized spacial score (nSPS) is 17.0. The molecule has 9 heterocycles. The zero-order valence-corrected chi connectivity index (χ0v) is 62.5. The van der Waals surface area contributed by atoms with E-state index >= 15 is 0 Å². The fourth-order valence-corrected chi connectivity index (χ4v) is 15.5. The van der Waals surface area contributed by atoms with Gasteiger partial charge in [0.1, 0.15) is 77.5 Å². The maximum Gasteiger partial charge on any atom is 0.138 e. The number of aromatic nitrogens is 6. The summed E-state index contributed by atoms with van der Waals surface area (Å²) in [7, 11) is 0. The number of nitrogens with zero attached hydrogens (tertiary/aromatic N) is 10. The van der Waals surface area contributed by atoms with Gasteiger partial charge in [0.25, 0.3) is 0 Å². The van der Waals surface area contributed by atoms with Crippen molar-refractivity contribution < 1.29 is 43.4 Å². The number of piperidine rings is 2. The van der Waals surface area contributed by atoms with E-state index in [1.807, 2.05) is 108 Å². The van der Waals surface area contributed by atoms with Crippen molar-refractivity contribution in [3.05, 3.63) is 199 Å². The van der Waals surface area contributed by atoms with E-state index in [4.69, 9.17) is 48.1 Å². The van der Waals surface area contributed by atoms with E-state index < -0.39 is 6.23 Å². The number of ether oxygens (including phenoxy) is 7. The number of morpholine rings is 3. The quantitative estimate of drug-likeness (QED) is 0.0494. The van der Waals surface area contributed by atoms with Crippen LogP contribution in [0.4, 0.5) is 17.1 Å². The summed E-state index contributed by atoms with van der Waals surface area (Å²) in [5, 5.41) is 52.0. The minimum absolute atomic E-state index is 0.0490. The van der Waals surface area contributed by atoms with Crippen LogP contribution in [0.2, 0.25) is 0 Å². The average molecular weight is 1500 g/mol. The molecular weight excluding hydrogens is 1410 g/mol. The first-order valence-corrected chi connectivity index (χ1v) is 38.9. The first kappa shape index (κ1) is 74.4. The molecule has 6 aliphatic rings. The summed E-state index contributed by atoms with van der Waals surface area (Å²) in [5.74, 6) is 4.30. The lowest BCUT2D eigenvalue weighted by molar-refractivity contribution is -0.0567. The SMILES string of the molecule is N#Cc1cc(-c2cccc3[nH]c(-c4ccc(N5CCOCC5)cc4)nc23)ccc1OC1CCN(C(O)CO)CC1.N#Cc1cc(-c2cccc3[nH]c(-c4ccc(N5CCOCC5)cc4)nc23)ccc1OC1CCNCC1.N#Cc1cc(-c2cccc3[nH]c(-c4cccc(N5CCOCC5)c4)nc23)ccc1OC1CCOCC1. The van der Waals surface area contributed by atoms with E-state index in [0.29, 0.717) is 73.1 Å². The van der Waals surface area contributed by atoms with E-state index in [2.05, 4.69) is 132 Å². The number of hydrogen-bond acceptors (Lipinski definition) is 20. The van der Waals surface area contributed by atoms with Gasteiger partial charge in [-0.15, -0.1) is 0 Å². The number of aliphatic hydroxyl groups excluding tert-OH is 2. The number of benzene rings is 9. The molecule has 1 unspecified atom stereocenters. The number of para-hydroxylation sites is 3. The van der Waals surface area contributed by atoms with E-state index in [9.17, 15) is 26.0 Å². The monoisotopic (exact) mass is 1500 g/mol. The zero-order valence-electron chi connectivity index (χ0n) is 62.5. The van der Waals surface area contributed by atoms with Gasteiger partial charge in [0.15, 0.2) is 0 Å². The van der Waals surface area contributed by atoms with Crippen molar-refractivity contribution in [2.24, 2.45) is 0 Å². The Labute approximate surface area is 650 Å². The number of rotatable bonds is 17. The molecule has 6 N–H and O–H groups in total. The number of anilines is 3. The van der Waals surface area contributed by atoms with E-state index in [0.717, 1.165) is 218 Å². The van der Waals surface area contributed by atoms with Crippen LogP contribution >= 0.6 is 0 Å². The first-order chi connectivity index (χ1) is 55.2. The standard InChI is InChI=1S/C31H33N5O4.C29H29N5O2.C29H28N4O3/c32-19-23-18-22(6-9-28(23)40-25-10-12-36(13-11-25)29(38)20-37)26-2-1-3-27-30(26)34-31(33-27)21-4-7-24(8-5-21)35-14-16-39-17-15-35;30-19-22-18-21(6-9-27(22)36-24-10-12-31-13-11-24)25-2-1-3-26-28(25)33-29(32-26)20-4-7-23(8-5-20)34-14-16-35-17-15-34;30-19-22-17-20(7-8-27(22)36-24-9-13-34-14-10-24)25-5-2-6-26-28(25)32-29(31-26)21-3-1-4-23(18-21)33-11-15-35-16-12-33/h1-9,18,25,29,37-38H,10-17,20H2,(H,33,34);1-9,18,24,31H,10-17H2,(H,32,33);1-8,17-18,24H,9-16H2,(H,31,32). The molecule has 6 saturated heterocycles. The Bertz CT molecular complexity index is 5360. The second kappa shape index (κ2) is 35.1. The molecule has 0 radical (unpaired) electrons. The molecule has 9 aromatic carbocycles. The van der Waals surface area contributed by atoms with Gasteiger partial charge in [0.2, 0.25) is 0 Å². The topological polar surface area (TPSA) is 287 Å². The van der Waals surface area contributed by atoms with E-state index in [-0.39, 0.29) is 24.9 Å². The molecular formula is C89H90N14O9. The Kier molecular flexibility index (Phi) is 23.4. The highest BCUT2D eigenvalue weighted by atomic mass is 16.5. The van der Waals surface area contributed by atoms with Crippen LogP contribution in [-0.4, -0.2) is 194 Å². The maximum absolute atomic E-state index is 9.92. The van der Waals surface area contributed by atoms with Crippen molar-refractivity contribution in [2.75, 3.05) is 140 Å². The average Bonchev–Trinajstić information content (AvgIpc) is 1.63. The highest BCUT2D eigenvalue weighted by Gasteiger charge is 2.27. The summed E-state index contributed by atoms with van der Waals surface area (Å²) in [6.45, 7) is 14.2. The van der Waals surface area contributed by atoms with Crippen LogP contribution in [0.1, 0.15) is 55.2 Å². The van der Waals surface area contributed by atoms with Gasteiger partial charge in [-0.25, -0.2) is 15.0 Å². The number of imidazole rings is 3. The van der Waals surface area contributed by atoms with Gasteiger partial charge in [-0.1, -0.05) is 66.7 Å². The summed E-state index contributed by atoms with van der Waals surface area (Å²) in [5.41, 5.74) is 19.4. The molecule has 6 fully saturated rings. The largest absolute Gasteiger partial charge is 0.489 e. The van der Waals surface area contributed by atoms with Crippen LogP contribution in [0.3, 0.4) is 0 Å². The molecule has 0 spiro atoms. The molecule has 23 nitrogen and oxygen atoms in total. The Balaban J connectivity index is 0.000000127. The summed E-state index contributed by atoms with van der Waals surface area (Å²) >= 11 is 0. The maximum atomic E-state index is 9.92. The lowest BCUT2D eigenvalue weighted by Gasteiger charge is -2.34. The third-order valence-electron chi connectivity index (χ3n) is 21.7. The number of nitriles is 3. The summed E-state index contributed by atoms with van der Waals surface area (Å²) < 4.78 is 40.4. The number of likely N-dealkylation sites (tertiary alicyclic amines) is 1. The minimum atomic E-state index is -0.838. The summed E-state index contributed by atoms with van der Waals surface area (Å²) in [6.07, 6.45) is 4.37. The molecule has 12 aromatic rings.